The quantitative estimate of drug-likeness (QED) is 0.594. The number of thiol groups is 1. The summed E-state index contributed by atoms with van der Waals surface area (Å²) in [5, 5.41) is 14.5. The summed E-state index contributed by atoms with van der Waals surface area (Å²) in [6.07, 6.45) is 0.570. The fraction of sp³-hybridized carbons (Fsp3) is 0.385. The highest BCUT2D eigenvalue weighted by Gasteiger charge is 2.27. The van der Waals surface area contributed by atoms with Crippen LogP contribution in [0.3, 0.4) is 0 Å². The lowest BCUT2D eigenvalue weighted by Crippen LogP contribution is -2.52. The fourth-order valence-electron chi connectivity index (χ4n) is 2.10. The van der Waals surface area contributed by atoms with Gasteiger partial charge in [0.25, 0.3) is 0 Å². The second kappa shape index (κ2) is 6.08. The molecule has 2 rings (SSSR count). The van der Waals surface area contributed by atoms with Gasteiger partial charge in [0.1, 0.15) is 6.04 Å². The number of benzene rings is 1. The maximum absolute atomic E-state index is 12.0. The second-order valence-electron chi connectivity index (χ2n) is 4.49. The van der Waals surface area contributed by atoms with Gasteiger partial charge in [-0.2, -0.15) is 12.6 Å². The van der Waals surface area contributed by atoms with E-state index < -0.39 is 18.1 Å². The molecule has 1 unspecified atom stereocenters. The normalized spacial score (nSPS) is 19.3. The van der Waals surface area contributed by atoms with E-state index in [2.05, 4.69) is 23.3 Å². The van der Waals surface area contributed by atoms with Crippen molar-refractivity contribution in [3.05, 3.63) is 35.4 Å². The highest BCUT2D eigenvalue weighted by Crippen LogP contribution is 2.16. The number of carboxylic acid groups (broad SMARTS) is 1. The average molecular weight is 280 g/mol. The number of aliphatic carboxylic acids is 1. The number of hydrogen-bond donors (Lipinski definition) is 4. The molecule has 0 bridgehead atoms. The summed E-state index contributed by atoms with van der Waals surface area (Å²) in [6, 6.07) is 6.56. The Morgan fingerprint density at radius 3 is 2.74 bits per heavy atom. The maximum atomic E-state index is 12.0. The van der Waals surface area contributed by atoms with Crippen molar-refractivity contribution >= 4 is 24.5 Å². The van der Waals surface area contributed by atoms with Crippen molar-refractivity contribution in [1.82, 2.24) is 10.6 Å². The van der Waals surface area contributed by atoms with Gasteiger partial charge in [0, 0.05) is 12.3 Å². The van der Waals surface area contributed by atoms with Gasteiger partial charge in [0.05, 0.1) is 6.04 Å². The lowest BCUT2D eigenvalue weighted by Gasteiger charge is -2.26. The monoisotopic (exact) mass is 280 g/mol. The molecule has 1 aromatic carbocycles. The third kappa shape index (κ3) is 3.27. The summed E-state index contributed by atoms with van der Waals surface area (Å²) in [5.74, 6) is -1.29. The molecule has 0 saturated carbocycles. The first-order valence-corrected chi connectivity index (χ1v) is 6.69. The summed E-state index contributed by atoms with van der Waals surface area (Å²) >= 11 is 3.92. The van der Waals surface area contributed by atoms with Crippen molar-refractivity contribution in [1.29, 1.82) is 0 Å². The minimum absolute atomic E-state index is 0.0738. The van der Waals surface area contributed by atoms with Crippen LogP contribution >= 0.6 is 12.6 Å². The molecule has 1 heterocycles. The Morgan fingerprint density at radius 2 is 2.11 bits per heavy atom. The highest BCUT2D eigenvalue weighted by molar-refractivity contribution is 7.80. The molecule has 5 nitrogen and oxygen atoms in total. The lowest BCUT2D eigenvalue weighted by atomic mass is 9.95. The SMILES string of the molecule is O=C(O)C(CS)NC(=O)[C@@H]1Cc2ccccc2CN1. The predicted molar refractivity (Wildman–Crippen MR) is 74.2 cm³/mol. The van der Waals surface area contributed by atoms with Crippen LogP contribution in [-0.2, 0) is 22.6 Å². The van der Waals surface area contributed by atoms with E-state index in [0.717, 1.165) is 5.56 Å². The highest BCUT2D eigenvalue weighted by atomic mass is 32.1. The molecule has 3 N–H and O–H groups in total. The molecule has 0 saturated heterocycles. The number of rotatable bonds is 4. The van der Waals surface area contributed by atoms with Gasteiger partial charge in [-0.3, -0.25) is 4.79 Å². The van der Waals surface area contributed by atoms with Crippen LogP contribution in [0.4, 0.5) is 0 Å². The standard InChI is InChI=1S/C13H16N2O3S/c16-12(15-11(7-19)13(17)18)10-5-8-3-1-2-4-9(8)6-14-10/h1-4,10-11,14,19H,5-7H2,(H,15,16)(H,17,18)/t10-,11?/m0/s1. The zero-order valence-electron chi connectivity index (χ0n) is 10.3. The van der Waals surface area contributed by atoms with Crippen LogP contribution in [0.2, 0.25) is 0 Å². The summed E-state index contributed by atoms with van der Waals surface area (Å²) in [6.45, 7) is 0.618. The molecular weight excluding hydrogens is 264 g/mol. The molecule has 6 heteroatoms. The molecule has 1 aliphatic heterocycles. The van der Waals surface area contributed by atoms with Crippen molar-refractivity contribution in [3.8, 4) is 0 Å². The van der Waals surface area contributed by atoms with Gasteiger partial charge >= 0.3 is 5.97 Å². The summed E-state index contributed by atoms with van der Waals surface area (Å²) in [7, 11) is 0. The van der Waals surface area contributed by atoms with Crippen molar-refractivity contribution in [2.75, 3.05) is 5.75 Å². The van der Waals surface area contributed by atoms with Gasteiger partial charge in [-0.25, -0.2) is 4.79 Å². The molecule has 0 spiro atoms. The molecule has 1 amide bonds. The van der Waals surface area contributed by atoms with Crippen LogP contribution in [0.15, 0.2) is 24.3 Å². The molecule has 1 aliphatic rings. The number of nitrogens with one attached hydrogen (secondary N) is 2. The smallest absolute Gasteiger partial charge is 0.327 e. The predicted octanol–water partition coefficient (Wildman–Crippen LogP) is 0.200. The Hall–Kier alpha value is -1.53. The first kappa shape index (κ1) is 13.9. The topological polar surface area (TPSA) is 78.4 Å². The van der Waals surface area contributed by atoms with Gasteiger partial charge in [0.15, 0.2) is 0 Å². The van der Waals surface area contributed by atoms with Crippen molar-refractivity contribution in [2.45, 2.75) is 25.0 Å². The van der Waals surface area contributed by atoms with E-state index in [0.29, 0.717) is 13.0 Å². The molecular formula is C13H16N2O3S. The third-order valence-corrected chi connectivity index (χ3v) is 3.56. The Balaban J connectivity index is 2.01. The average Bonchev–Trinajstić information content (AvgIpc) is 2.43. The maximum Gasteiger partial charge on any atom is 0.327 e. The largest absolute Gasteiger partial charge is 0.480 e. The van der Waals surface area contributed by atoms with E-state index >= 15 is 0 Å². The molecule has 0 fully saturated rings. The van der Waals surface area contributed by atoms with Gasteiger partial charge < -0.3 is 15.7 Å². The summed E-state index contributed by atoms with van der Waals surface area (Å²) in [5.41, 5.74) is 2.30. The van der Waals surface area contributed by atoms with Gasteiger partial charge in [-0.05, 0) is 17.5 Å². The molecule has 102 valence electrons. The van der Waals surface area contributed by atoms with Gasteiger partial charge in [0.2, 0.25) is 5.91 Å². The Labute approximate surface area is 116 Å². The number of amides is 1. The number of carboxylic acids is 1. The van der Waals surface area contributed by atoms with Crippen LogP contribution in [0.5, 0.6) is 0 Å². The van der Waals surface area contributed by atoms with Crippen LogP contribution in [0.1, 0.15) is 11.1 Å². The van der Waals surface area contributed by atoms with Crippen molar-refractivity contribution < 1.29 is 14.7 Å². The zero-order valence-corrected chi connectivity index (χ0v) is 11.2. The van der Waals surface area contributed by atoms with Crippen LogP contribution in [0.25, 0.3) is 0 Å². The molecule has 1 aromatic rings. The minimum atomic E-state index is -1.07. The molecule has 0 radical (unpaired) electrons. The number of carbonyl (C=O) groups excluding carboxylic acids is 1. The lowest BCUT2D eigenvalue weighted by molar-refractivity contribution is -0.141. The van der Waals surface area contributed by atoms with Crippen LogP contribution in [0, 0.1) is 0 Å². The van der Waals surface area contributed by atoms with Crippen molar-refractivity contribution in [3.63, 3.8) is 0 Å². The molecule has 0 aromatic heterocycles. The first-order chi connectivity index (χ1) is 9.11. The third-order valence-electron chi connectivity index (χ3n) is 3.19. The van der Waals surface area contributed by atoms with Crippen LogP contribution < -0.4 is 10.6 Å². The zero-order chi connectivity index (χ0) is 13.8. The van der Waals surface area contributed by atoms with E-state index in [1.807, 2.05) is 24.3 Å². The van der Waals surface area contributed by atoms with Crippen molar-refractivity contribution in [2.24, 2.45) is 0 Å². The van der Waals surface area contributed by atoms with Crippen LogP contribution in [-0.4, -0.2) is 34.8 Å². The molecule has 0 aliphatic carbocycles. The second-order valence-corrected chi connectivity index (χ2v) is 4.85. The van der Waals surface area contributed by atoms with E-state index in [9.17, 15) is 9.59 Å². The van der Waals surface area contributed by atoms with Gasteiger partial charge in [-0.15, -0.1) is 0 Å². The number of fused-ring (bicyclic) bond motifs is 1. The molecule has 2 atom stereocenters. The number of carbonyl (C=O) groups is 2. The van der Waals surface area contributed by atoms with E-state index in [1.54, 1.807) is 0 Å². The van der Waals surface area contributed by atoms with E-state index in [-0.39, 0.29) is 11.7 Å². The minimum Gasteiger partial charge on any atom is -0.480 e. The van der Waals surface area contributed by atoms with Gasteiger partial charge in [-0.1, -0.05) is 24.3 Å². The Morgan fingerprint density at radius 1 is 1.42 bits per heavy atom. The van der Waals surface area contributed by atoms with E-state index in [4.69, 9.17) is 5.11 Å². The molecule has 19 heavy (non-hydrogen) atoms. The Bertz CT molecular complexity index is 493. The Kier molecular flexibility index (Phi) is 4.44. The number of hydrogen-bond acceptors (Lipinski definition) is 4. The summed E-state index contributed by atoms with van der Waals surface area (Å²) < 4.78 is 0. The van der Waals surface area contributed by atoms with E-state index in [1.165, 1.54) is 5.56 Å². The fourth-order valence-corrected chi connectivity index (χ4v) is 2.34. The first-order valence-electron chi connectivity index (χ1n) is 6.06. The summed E-state index contributed by atoms with van der Waals surface area (Å²) in [4.78, 5) is 22.9.